The van der Waals surface area contributed by atoms with Crippen LogP contribution >= 0.6 is 7.82 Å². The SMILES string of the molecule is CCCC/C=C\CCCCCCCC(=O)OCC(COP(=O)(O)OCC(CO)OC(=O)CCCCCCC/C=C\C/C=C\CCCCC)OC(=O)CCCCCCCCCCC/C=C\C/C=C\CCCCC. The highest BCUT2D eigenvalue weighted by molar-refractivity contribution is 7.47. The van der Waals surface area contributed by atoms with E-state index in [1.165, 1.54) is 89.9 Å². The minimum atomic E-state index is -4.75. The second-order valence-corrected chi connectivity index (χ2v) is 20.9. The molecule has 0 bridgehead atoms. The van der Waals surface area contributed by atoms with Crippen molar-refractivity contribution >= 4 is 25.7 Å². The van der Waals surface area contributed by atoms with Crippen molar-refractivity contribution in [3.05, 3.63) is 60.8 Å². The van der Waals surface area contributed by atoms with Crippen molar-refractivity contribution in [1.82, 2.24) is 0 Å². The molecule has 2 N–H and O–H groups in total. The number of phosphoric ester groups is 1. The fourth-order valence-electron chi connectivity index (χ4n) is 7.87. The molecule has 0 heterocycles. The van der Waals surface area contributed by atoms with E-state index in [1.807, 2.05) is 0 Å². The van der Waals surface area contributed by atoms with Crippen LogP contribution in [0.4, 0.5) is 0 Å². The maximum Gasteiger partial charge on any atom is 0.472 e. The molecule has 0 aliphatic carbocycles. The fourth-order valence-corrected chi connectivity index (χ4v) is 8.65. The van der Waals surface area contributed by atoms with Crippen molar-refractivity contribution in [1.29, 1.82) is 0 Å². The number of phosphoric acid groups is 1. The molecule has 72 heavy (non-hydrogen) atoms. The molecule has 0 aliphatic rings. The third-order valence-corrected chi connectivity index (χ3v) is 13.3. The first-order chi connectivity index (χ1) is 35.2. The molecule has 0 rings (SSSR count). The highest BCUT2D eigenvalue weighted by Gasteiger charge is 2.28. The van der Waals surface area contributed by atoms with Crippen molar-refractivity contribution in [3.8, 4) is 0 Å². The number of aliphatic hydroxyl groups excluding tert-OH is 1. The molecule has 0 aromatic rings. The van der Waals surface area contributed by atoms with Crippen LogP contribution < -0.4 is 0 Å². The van der Waals surface area contributed by atoms with Gasteiger partial charge in [-0.05, 0) is 103 Å². The first-order valence-electron chi connectivity index (χ1n) is 29.2. The number of carbonyl (C=O) groups is 3. The lowest BCUT2D eigenvalue weighted by atomic mass is 10.1. The molecule has 0 aromatic heterocycles. The summed E-state index contributed by atoms with van der Waals surface area (Å²) in [6, 6.07) is 0. The topological polar surface area (TPSA) is 155 Å². The van der Waals surface area contributed by atoms with Gasteiger partial charge in [0.25, 0.3) is 0 Å². The Morgan fingerprint density at radius 3 is 1.08 bits per heavy atom. The van der Waals surface area contributed by atoms with E-state index < -0.39 is 57.8 Å². The Morgan fingerprint density at radius 2 is 0.694 bits per heavy atom. The maximum atomic E-state index is 12.9. The molecule has 0 fully saturated rings. The van der Waals surface area contributed by atoms with Gasteiger partial charge in [-0.25, -0.2) is 4.57 Å². The number of hydrogen-bond donors (Lipinski definition) is 2. The monoisotopic (exact) mass is 1030 g/mol. The van der Waals surface area contributed by atoms with Gasteiger partial charge in [-0.15, -0.1) is 0 Å². The minimum absolute atomic E-state index is 0.160. The molecular weight excluding hydrogens is 928 g/mol. The van der Waals surface area contributed by atoms with Gasteiger partial charge < -0.3 is 24.2 Å². The first-order valence-corrected chi connectivity index (χ1v) is 30.7. The van der Waals surface area contributed by atoms with Crippen LogP contribution in [0.25, 0.3) is 0 Å². The van der Waals surface area contributed by atoms with Gasteiger partial charge in [0, 0.05) is 19.3 Å². The standard InChI is InChI=1S/C60H107O11P/c1-4-7-10-13-16-19-22-24-26-27-28-29-31-33-36-39-42-45-48-51-60(64)71-57(53-67-58(62)49-46-43-40-37-34-21-18-15-12-9-6-3)55-69-72(65,66)68-54-56(52-61)70-59(63)50-47-44-41-38-35-32-30-25-23-20-17-14-11-8-5-2/h15-20,24-26,30,56-57,61H,4-14,21-23,27-29,31-55H2,1-3H3,(H,65,66)/b18-15-,19-16-,20-17-,26-24-,30-25-. The predicted octanol–water partition coefficient (Wildman–Crippen LogP) is 17.1. The van der Waals surface area contributed by atoms with Crippen LogP contribution in [0.1, 0.15) is 265 Å². The van der Waals surface area contributed by atoms with Crippen LogP contribution in [0.3, 0.4) is 0 Å². The lowest BCUT2D eigenvalue weighted by Gasteiger charge is -2.21. The quantitative estimate of drug-likeness (QED) is 0.0197. The summed E-state index contributed by atoms with van der Waals surface area (Å²) in [4.78, 5) is 48.5. The second kappa shape index (κ2) is 54.4. The Kier molecular flexibility index (Phi) is 52.3. The summed E-state index contributed by atoms with van der Waals surface area (Å²) in [5.74, 6) is -1.49. The second-order valence-electron chi connectivity index (χ2n) is 19.4. The van der Waals surface area contributed by atoms with Crippen molar-refractivity contribution in [3.63, 3.8) is 0 Å². The molecule has 418 valence electrons. The lowest BCUT2D eigenvalue weighted by molar-refractivity contribution is -0.161. The van der Waals surface area contributed by atoms with Gasteiger partial charge in [0.1, 0.15) is 12.7 Å². The number of allylic oxidation sites excluding steroid dienone is 10. The van der Waals surface area contributed by atoms with Gasteiger partial charge in [-0.2, -0.15) is 0 Å². The Morgan fingerprint density at radius 1 is 0.389 bits per heavy atom. The van der Waals surface area contributed by atoms with Crippen LogP contribution in [-0.2, 0) is 42.2 Å². The number of hydrogen-bond acceptors (Lipinski definition) is 10. The average Bonchev–Trinajstić information content (AvgIpc) is 3.37. The van der Waals surface area contributed by atoms with Crippen LogP contribution in [0.2, 0.25) is 0 Å². The molecule has 0 saturated carbocycles. The van der Waals surface area contributed by atoms with E-state index in [4.69, 9.17) is 23.3 Å². The van der Waals surface area contributed by atoms with Crippen molar-refractivity contribution < 1.29 is 52.2 Å². The number of unbranched alkanes of at least 4 members (excludes halogenated alkanes) is 27. The smallest absolute Gasteiger partial charge is 0.462 e. The van der Waals surface area contributed by atoms with Crippen LogP contribution in [0, 0.1) is 0 Å². The average molecular weight is 1040 g/mol. The highest BCUT2D eigenvalue weighted by atomic mass is 31.2. The third kappa shape index (κ3) is 52.1. The molecule has 0 amide bonds. The van der Waals surface area contributed by atoms with Crippen LogP contribution in [-0.4, -0.2) is 66.5 Å². The summed E-state index contributed by atoms with van der Waals surface area (Å²) in [5.41, 5.74) is 0. The molecule has 0 radical (unpaired) electrons. The molecular formula is C60H107O11P. The van der Waals surface area contributed by atoms with Crippen molar-refractivity contribution in [2.45, 2.75) is 277 Å². The molecule has 0 saturated heterocycles. The zero-order valence-electron chi connectivity index (χ0n) is 46.1. The zero-order chi connectivity index (χ0) is 52.7. The summed E-state index contributed by atoms with van der Waals surface area (Å²) >= 11 is 0. The minimum Gasteiger partial charge on any atom is -0.462 e. The molecule has 3 atom stereocenters. The molecule has 0 aliphatic heterocycles. The largest absolute Gasteiger partial charge is 0.472 e. The summed E-state index contributed by atoms with van der Waals surface area (Å²) in [6.45, 7) is 4.54. The maximum absolute atomic E-state index is 12.9. The van der Waals surface area contributed by atoms with Gasteiger partial charge in [0.05, 0.1) is 19.8 Å². The summed E-state index contributed by atoms with van der Waals surface area (Å²) in [5, 5.41) is 9.81. The predicted molar refractivity (Wildman–Crippen MR) is 298 cm³/mol. The number of aliphatic hydroxyl groups is 1. The molecule has 3 unspecified atom stereocenters. The molecule has 12 heteroatoms. The van der Waals surface area contributed by atoms with Crippen molar-refractivity contribution in [2.24, 2.45) is 0 Å². The van der Waals surface area contributed by atoms with E-state index in [2.05, 4.69) is 81.5 Å². The van der Waals surface area contributed by atoms with Gasteiger partial charge in [-0.1, -0.05) is 204 Å². The summed E-state index contributed by atoms with van der Waals surface area (Å²) in [6.07, 6.45) is 58.9. The van der Waals surface area contributed by atoms with Gasteiger partial charge in [0.2, 0.25) is 0 Å². The number of carbonyl (C=O) groups excluding carboxylic acids is 3. The number of esters is 3. The normalized spacial score (nSPS) is 13.8. The van der Waals surface area contributed by atoms with E-state index in [1.54, 1.807) is 0 Å². The number of ether oxygens (including phenoxy) is 3. The van der Waals surface area contributed by atoms with Crippen LogP contribution in [0.5, 0.6) is 0 Å². The highest BCUT2D eigenvalue weighted by Crippen LogP contribution is 2.43. The molecule has 11 nitrogen and oxygen atoms in total. The van der Waals surface area contributed by atoms with Crippen LogP contribution in [0.15, 0.2) is 60.8 Å². The fraction of sp³-hybridized carbons (Fsp3) is 0.783. The van der Waals surface area contributed by atoms with Gasteiger partial charge in [0.15, 0.2) is 6.10 Å². The Balaban J connectivity index is 4.69. The zero-order valence-corrected chi connectivity index (χ0v) is 47.0. The first kappa shape index (κ1) is 69.2. The number of rotatable bonds is 54. The van der Waals surface area contributed by atoms with E-state index in [-0.39, 0.29) is 25.9 Å². The Bertz CT molecular complexity index is 1440. The van der Waals surface area contributed by atoms with E-state index in [0.29, 0.717) is 19.3 Å². The van der Waals surface area contributed by atoms with E-state index in [0.717, 1.165) is 116 Å². The van der Waals surface area contributed by atoms with Gasteiger partial charge >= 0.3 is 25.7 Å². The van der Waals surface area contributed by atoms with Crippen molar-refractivity contribution in [2.75, 3.05) is 26.4 Å². The third-order valence-electron chi connectivity index (χ3n) is 12.4. The summed E-state index contributed by atoms with van der Waals surface area (Å²) in [7, 11) is -4.75. The summed E-state index contributed by atoms with van der Waals surface area (Å²) < 4.78 is 39.5. The molecule has 0 spiro atoms. The lowest BCUT2D eigenvalue weighted by Crippen LogP contribution is -2.30. The van der Waals surface area contributed by atoms with E-state index in [9.17, 15) is 28.9 Å². The Hall–Kier alpha value is -2.82. The van der Waals surface area contributed by atoms with Gasteiger partial charge in [-0.3, -0.25) is 23.4 Å². The Labute approximate surface area is 440 Å². The molecule has 0 aromatic carbocycles. The van der Waals surface area contributed by atoms with E-state index >= 15 is 0 Å².